The number of sulfone groups is 1. The molecule has 0 radical (unpaired) electrons. The van der Waals surface area contributed by atoms with Crippen LogP contribution in [0.1, 0.15) is 31.9 Å². The van der Waals surface area contributed by atoms with Crippen LogP contribution in [-0.4, -0.2) is 29.1 Å². The van der Waals surface area contributed by atoms with Crippen molar-refractivity contribution in [1.29, 1.82) is 0 Å². The molecule has 84 valence electrons. The summed E-state index contributed by atoms with van der Waals surface area (Å²) in [5.41, 5.74) is 7.04. The highest BCUT2D eigenvalue weighted by Gasteiger charge is 2.49. The number of hydrogen-bond acceptors (Lipinski definition) is 4. The van der Waals surface area contributed by atoms with Gasteiger partial charge in [0.05, 0.1) is 28.1 Å². The predicted octanol–water partition coefficient (Wildman–Crippen LogP) is 0.673. The fourth-order valence-corrected chi connectivity index (χ4v) is 3.92. The number of anilines is 1. The molecule has 1 fully saturated rings. The first kappa shape index (κ1) is 10.5. The molecule has 0 amide bonds. The first-order valence-electron chi connectivity index (χ1n) is 4.87. The van der Waals surface area contributed by atoms with E-state index in [0.717, 1.165) is 5.69 Å². The third-order valence-electron chi connectivity index (χ3n) is 3.36. The largest absolute Gasteiger partial charge is 0.396 e. The molecule has 1 unspecified atom stereocenters. The zero-order valence-corrected chi connectivity index (χ0v) is 9.63. The minimum absolute atomic E-state index is 0.0787. The van der Waals surface area contributed by atoms with Crippen molar-refractivity contribution < 1.29 is 8.42 Å². The SMILES string of the molecule is CC1(C)C(c2[nH]ncc2N)CCS1(=O)=O. The van der Waals surface area contributed by atoms with E-state index in [4.69, 9.17) is 5.73 Å². The van der Waals surface area contributed by atoms with Gasteiger partial charge >= 0.3 is 0 Å². The fourth-order valence-electron chi connectivity index (χ4n) is 2.18. The fraction of sp³-hybridized carbons (Fsp3) is 0.667. The quantitative estimate of drug-likeness (QED) is 0.740. The number of rotatable bonds is 1. The molecule has 1 aliphatic heterocycles. The van der Waals surface area contributed by atoms with Crippen molar-refractivity contribution in [1.82, 2.24) is 10.2 Å². The highest BCUT2D eigenvalue weighted by atomic mass is 32.2. The third kappa shape index (κ3) is 1.35. The molecule has 0 aromatic carbocycles. The number of nitrogen functional groups attached to an aromatic ring is 1. The number of nitrogens with two attached hydrogens (primary N) is 1. The number of nitrogens with zero attached hydrogens (tertiary/aromatic N) is 1. The molecule has 1 atom stereocenters. The minimum Gasteiger partial charge on any atom is -0.396 e. The van der Waals surface area contributed by atoms with Gasteiger partial charge in [0.2, 0.25) is 0 Å². The third-order valence-corrected chi connectivity index (χ3v) is 6.02. The summed E-state index contributed by atoms with van der Waals surface area (Å²) in [6.07, 6.45) is 2.14. The molecule has 5 nitrogen and oxygen atoms in total. The van der Waals surface area contributed by atoms with E-state index < -0.39 is 14.6 Å². The van der Waals surface area contributed by atoms with Gasteiger partial charge in [-0.05, 0) is 20.3 Å². The maximum Gasteiger partial charge on any atom is 0.156 e. The Balaban J connectivity index is 2.47. The molecule has 0 spiro atoms. The molecule has 0 saturated carbocycles. The average molecular weight is 229 g/mol. The molecular weight excluding hydrogens is 214 g/mol. The van der Waals surface area contributed by atoms with Crippen LogP contribution in [0, 0.1) is 0 Å². The Hall–Kier alpha value is -1.04. The zero-order valence-electron chi connectivity index (χ0n) is 8.82. The Labute approximate surface area is 89.0 Å². The van der Waals surface area contributed by atoms with Crippen molar-refractivity contribution in [2.45, 2.75) is 30.9 Å². The summed E-state index contributed by atoms with van der Waals surface area (Å²) in [4.78, 5) is 0. The zero-order chi connectivity index (χ0) is 11.3. The van der Waals surface area contributed by atoms with Gasteiger partial charge in [-0.1, -0.05) is 0 Å². The maximum atomic E-state index is 11.8. The van der Waals surface area contributed by atoms with Gasteiger partial charge in [0.1, 0.15) is 0 Å². The number of nitrogens with one attached hydrogen (secondary N) is 1. The highest BCUT2D eigenvalue weighted by Crippen LogP contribution is 2.44. The normalized spacial score (nSPS) is 28.0. The molecule has 6 heteroatoms. The van der Waals surface area contributed by atoms with Gasteiger partial charge in [0, 0.05) is 5.92 Å². The number of hydrogen-bond donors (Lipinski definition) is 2. The Bertz CT molecular complexity index is 475. The predicted molar refractivity (Wildman–Crippen MR) is 58.2 cm³/mol. The van der Waals surface area contributed by atoms with Gasteiger partial charge in [-0.2, -0.15) is 5.10 Å². The molecule has 0 bridgehead atoms. The molecule has 2 heterocycles. The van der Waals surface area contributed by atoms with E-state index in [1.165, 1.54) is 6.20 Å². The Kier molecular flexibility index (Phi) is 2.08. The van der Waals surface area contributed by atoms with Crippen LogP contribution in [0.3, 0.4) is 0 Å². The Morgan fingerprint density at radius 1 is 1.60 bits per heavy atom. The summed E-state index contributed by atoms with van der Waals surface area (Å²) in [6.45, 7) is 3.50. The second kappa shape index (κ2) is 2.98. The summed E-state index contributed by atoms with van der Waals surface area (Å²) in [7, 11) is -3.02. The van der Waals surface area contributed by atoms with Crippen LogP contribution in [0.4, 0.5) is 5.69 Å². The van der Waals surface area contributed by atoms with E-state index in [1.54, 1.807) is 13.8 Å². The first-order chi connectivity index (χ1) is 6.86. The van der Waals surface area contributed by atoms with Crippen molar-refractivity contribution in [2.24, 2.45) is 0 Å². The smallest absolute Gasteiger partial charge is 0.156 e. The van der Waals surface area contributed by atoms with Crippen molar-refractivity contribution in [3.8, 4) is 0 Å². The van der Waals surface area contributed by atoms with Crippen LogP contribution in [0.15, 0.2) is 6.20 Å². The van der Waals surface area contributed by atoms with Gasteiger partial charge in [-0.3, -0.25) is 5.10 Å². The van der Waals surface area contributed by atoms with Gasteiger partial charge in [-0.15, -0.1) is 0 Å². The van der Waals surface area contributed by atoms with Crippen molar-refractivity contribution in [3.05, 3.63) is 11.9 Å². The van der Waals surface area contributed by atoms with Crippen LogP contribution >= 0.6 is 0 Å². The minimum atomic E-state index is -3.02. The van der Waals surface area contributed by atoms with E-state index in [2.05, 4.69) is 10.2 Å². The standard InChI is InChI=1S/C9H15N3O2S/c1-9(2)6(3-4-15(9,13)14)8-7(10)5-11-12-8/h5-6H,3-4,10H2,1-2H3,(H,11,12). The summed E-state index contributed by atoms with van der Waals surface area (Å²) in [5.74, 6) is 0.147. The summed E-state index contributed by atoms with van der Waals surface area (Å²) < 4.78 is 22.9. The van der Waals surface area contributed by atoms with Crippen LogP contribution in [-0.2, 0) is 9.84 Å². The van der Waals surface area contributed by atoms with Crippen LogP contribution in [0.2, 0.25) is 0 Å². The van der Waals surface area contributed by atoms with Crippen LogP contribution in [0.5, 0.6) is 0 Å². The topological polar surface area (TPSA) is 88.8 Å². The molecule has 2 rings (SSSR count). The monoisotopic (exact) mass is 229 g/mol. The van der Waals surface area contributed by atoms with E-state index in [0.29, 0.717) is 12.1 Å². The summed E-state index contributed by atoms with van der Waals surface area (Å²) in [5, 5.41) is 6.64. The van der Waals surface area contributed by atoms with E-state index in [9.17, 15) is 8.42 Å². The van der Waals surface area contributed by atoms with Crippen LogP contribution < -0.4 is 5.73 Å². The van der Waals surface area contributed by atoms with E-state index in [1.807, 2.05) is 0 Å². The molecule has 1 aromatic rings. The van der Waals surface area contributed by atoms with Crippen molar-refractivity contribution >= 4 is 15.5 Å². The van der Waals surface area contributed by atoms with Crippen LogP contribution in [0.25, 0.3) is 0 Å². The maximum absolute atomic E-state index is 11.8. The molecule has 1 aromatic heterocycles. The second-order valence-corrected chi connectivity index (χ2v) is 7.19. The molecule has 3 N–H and O–H groups in total. The number of aromatic nitrogens is 2. The number of H-pyrrole nitrogens is 1. The van der Waals surface area contributed by atoms with E-state index in [-0.39, 0.29) is 11.7 Å². The Morgan fingerprint density at radius 2 is 2.27 bits per heavy atom. The lowest BCUT2D eigenvalue weighted by Gasteiger charge is -2.24. The van der Waals surface area contributed by atoms with Gasteiger partial charge in [-0.25, -0.2) is 8.42 Å². The summed E-state index contributed by atoms with van der Waals surface area (Å²) >= 11 is 0. The molecule has 1 saturated heterocycles. The summed E-state index contributed by atoms with van der Waals surface area (Å²) in [6, 6.07) is 0. The lowest BCUT2D eigenvalue weighted by molar-refractivity contribution is 0.511. The van der Waals surface area contributed by atoms with Gasteiger partial charge < -0.3 is 5.73 Å². The second-order valence-electron chi connectivity index (χ2n) is 4.50. The lowest BCUT2D eigenvalue weighted by atomic mass is 9.89. The highest BCUT2D eigenvalue weighted by molar-refractivity contribution is 7.93. The van der Waals surface area contributed by atoms with Crippen molar-refractivity contribution in [2.75, 3.05) is 11.5 Å². The van der Waals surface area contributed by atoms with Crippen molar-refractivity contribution in [3.63, 3.8) is 0 Å². The number of aromatic amines is 1. The average Bonchev–Trinajstić information content (AvgIpc) is 2.58. The molecular formula is C9H15N3O2S. The van der Waals surface area contributed by atoms with Gasteiger partial charge in [0.25, 0.3) is 0 Å². The van der Waals surface area contributed by atoms with Gasteiger partial charge in [0.15, 0.2) is 9.84 Å². The first-order valence-corrected chi connectivity index (χ1v) is 6.52. The van der Waals surface area contributed by atoms with E-state index >= 15 is 0 Å². The molecule has 15 heavy (non-hydrogen) atoms. The Morgan fingerprint density at radius 3 is 2.67 bits per heavy atom. The molecule has 1 aliphatic rings. The lowest BCUT2D eigenvalue weighted by Crippen LogP contribution is -2.32. The molecule has 0 aliphatic carbocycles.